The first-order valence-corrected chi connectivity index (χ1v) is 19.9. The van der Waals surface area contributed by atoms with Crippen LogP contribution in [0.15, 0.2) is 91.3 Å². The summed E-state index contributed by atoms with van der Waals surface area (Å²) in [6, 6.07) is 24.8. The summed E-state index contributed by atoms with van der Waals surface area (Å²) in [5.74, 6) is 0.716. The first-order valence-electron chi connectivity index (χ1n) is 19.9. The van der Waals surface area contributed by atoms with Crippen LogP contribution in [0.1, 0.15) is 93.6 Å². The van der Waals surface area contributed by atoms with Crippen LogP contribution in [0.3, 0.4) is 0 Å². The Hall–Kier alpha value is -6.24. The van der Waals surface area contributed by atoms with Gasteiger partial charge < -0.3 is 35.6 Å². The normalized spacial score (nSPS) is 21.3. The van der Waals surface area contributed by atoms with Crippen LogP contribution in [-0.4, -0.2) is 72.7 Å². The van der Waals surface area contributed by atoms with E-state index in [0.717, 1.165) is 89.4 Å². The van der Waals surface area contributed by atoms with Gasteiger partial charge in [-0.2, -0.15) is 0 Å². The minimum atomic E-state index is -0.831. The van der Waals surface area contributed by atoms with E-state index in [2.05, 4.69) is 63.8 Å². The van der Waals surface area contributed by atoms with E-state index < -0.39 is 18.2 Å². The molecule has 4 heterocycles. The van der Waals surface area contributed by atoms with Gasteiger partial charge in [-0.1, -0.05) is 85.3 Å². The number of ether oxygens (including phenoxy) is 1. The summed E-state index contributed by atoms with van der Waals surface area (Å²) in [5.41, 5.74) is 11.9. The van der Waals surface area contributed by atoms with Gasteiger partial charge in [0.05, 0.1) is 41.8 Å². The number of carbonyl (C=O) groups is 4. The maximum atomic E-state index is 13.8. The maximum Gasteiger partial charge on any atom is 0.404 e. The summed E-state index contributed by atoms with van der Waals surface area (Å²) in [6.07, 6.45) is 8.82. The lowest BCUT2D eigenvalue weighted by Crippen LogP contribution is -2.44. The van der Waals surface area contributed by atoms with Gasteiger partial charge in [0.1, 0.15) is 23.8 Å². The molecule has 5 N–H and O–H groups in total. The minimum Gasteiger partial charge on any atom is -0.446 e. The van der Waals surface area contributed by atoms with Crippen LogP contribution in [-0.2, 0) is 19.1 Å². The van der Waals surface area contributed by atoms with Gasteiger partial charge in [0.2, 0.25) is 17.7 Å². The largest absolute Gasteiger partial charge is 0.446 e. The van der Waals surface area contributed by atoms with E-state index >= 15 is 0 Å². The number of hydrogen-bond donors (Lipinski definition) is 4. The molecule has 5 aromatic rings. The lowest BCUT2D eigenvalue weighted by molar-refractivity contribution is -0.142. The monoisotopic (exact) mass is 768 g/mol. The highest BCUT2D eigenvalue weighted by Gasteiger charge is 2.41. The molecule has 4 amide bonds. The third-order valence-electron chi connectivity index (χ3n) is 11.6. The number of rotatable bonds is 10. The summed E-state index contributed by atoms with van der Waals surface area (Å²) in [7, 11) is 0. The zero-order chi connectivity index (χ0) is 39.5. The predicted molar refractivity (Wildman–Crippen MR) is 214 cm³/mol. The molecule has 0 bridgehead atoms. The van der Waals surface area contributed by atoms with Crippen molar-refractivity contribution in [3.8, 4) is 33.6 Å². The molecule has 0 radical (unpaired) electrons. The highest BCUT2D eigenvalue weighted by Crippen LogP contribution is 2.38. The van der Waals surface area contributed by atoms with E-state index in [-0.39, 0.29) is 35.7 Å². The maximum absolute atomic E-state index is 13.8. The van der Waals surface area contributed by atoms with E-state index in [1.165, 1.54) is 6.92 Å². The van der Waals surface area contributed by atoms with Crippen LogP contribution < -0.4 is 11.1 Å². The number of amides is 4. The first kappa shape index (κ1) is 37.7. The second kappa shape index (κ2) is 16.5. The van der Waals surface area contributed by atoms with Crippen molar-refractivity contribution in [3.05, 3.63) is 108 Å². The van der Waals surface area contributed by atoms with Crippen molar-refractivity contribution in [2.45, 2.75) is 82.5 Å². The lowest BCUT2D eigenvalue weighted by Gasteiger charge is -2.34. The molecule has 13 heteroatoms. The number of benzene rings is 3. The highest BCUT2D eigenvalue weighted by atomic mass is 16.6. The summed E-state index contributed by atoms with van der Waals surface area (Å²) in [5, 5.41) is 2.85. The predicted octanol–water partition coefficient (Wildman–Crippen LogP) is 6.99. The molecule has 57 heavy (non-hydrogen) atoms. The van der Waals surface area contributed by atoms with E-state index in [0.29, 0.717) is 25.9 Å². The Bertz CT molecular complexity index is 2220. The van der Waals surface area contributed by atoms with Crippen molar-refractivity contribution in [2.75, 3.05) is 13.1 Å². The Kier molecular flexibility index (Phi) is 10.9. The Balaban J connectivity index is 0.918. The summed E-state index contributed by atoms with van der Waals surface area (Å²) < 4.78 is 5.35. The van der Waals surface area contributed by atoms with Crippen molar-refractivity contribution in [2.24, 2.45) is 11.7 Å². The van der Waals surface area contributed by atoms with Gasteiger partial charge in [-0.15, -0.1) is 0 Å². The second-order valence-corrected chi connectivity index (χ2v) is 15.3. The summed E-state index contributed by atoms with van der Waals surface area (Å²) in [4.78, 5) is 71.2. The Labute approximate surface area is 331 Å². The zero-order valence-electron chi connectivity index (χ0n) is 32.0. The van der Waals surface area contributed by atoms with E-state index in [1.54, 1.807) is 0 Å². The van der Waals surface area contributed by atoms with Crippen molar-refractivity contribution in [1.82, 2.24) is 35.1 Å². The third kappa shape index (κ3) is 8.05. The van der Waals surface area contributed by atoms with Crippen LogP contribution in [0.25, 0.3) is 33.6 Å². The molecule has 294 valence electrons. The third-order valence-corrected chi connectivity index (χ3v) is 11.6. The number of nitrogens with one attached hydrogen (secondary N) is 3. The Morgan fingerprint density at radius 2 is 1.23 bits per heavy atom. The van der Waals surface area contributed by atoms with Gasteiger partial charge >= 0.3 is 6.09 Å². The highest BCUT2D eigenvalue weighted by molar-refractivity contribution is 5.88. The molecule has 2 saturated heterocycles. The number of carbonyl (C=O) groups excluding carboxylic acids is 4. The average molecular weight is 769 g/mol. The van der Waals surface area contributed by atoms with Gasteiger partial charge in [0.15, 0.2) is 0 Å². The summed E-state index contributed by atoms with van der Waals surface area (Å²) in [6.45, 7) is 2.66. The van der Waals surface area contributed by atoms with Crippen LogP contribution in [0.5, 0.6) is 0 Å². The molecule has 8 rings (SSSR count). The van der Waals surface area contributed by atoms with Crippen molar-refractivity contribution in [1.29, 1.82) is 0 Å². The fourth-order valence-electron chi connectivity index (χ4n) is 8.80. The van der Waals surface area contributed by atoms with Crippen molar-refractivity contribution >= 4 is 23.8 Å². The fourth-order valence-corrected chi connectivity index (χ4v) is 8.80. The Morgan fingerprint density at radius 3 is 1.79 bits per heavy atom. The van der Waals surface area contributed by atoms with Gasteiger partial charge in [0, 0.05) is 20.0 Å². The number of aromatic nitrogens is 4. The molecular formula is C44H48N8O5. The molecule has 1 saturated carbocycles. The van der Waals surface area contributed by atoms with E-state index in [1.807, 2.05) is 52.5 Å². The van der Waals surface area contributed by atoms with Crippen molar-refractivity contribution < 1.29 is 23.9 Å². The standard InChI is InChI=1S/C44H48N8O5/c1-27(53)48-39(32-9-3-2-4-10-32)43(55)52-24-8-13-37(52)41-47-26-35(50-41)31-21-17-29(18-22-31)28-15-19-30(20-16-28)34-25-46-40(49-34)36-12-7-23-51(36)42(54)33-11-5-6-14-38(33)57-44(45)56/h2-4,9-10,15-22,25-26,33,36-39H,5-8,11-14,23-24H2,1H3,(H2,45,56)(H,46,49)(H,47,50)(H,48,53)/t33-,36?,37?,38+,39?/m0/s1. The number of H-pyrrole nitrogens is 2. The average Bonchev–Trinajstić information content (AvgIpc) is 4.07. The van der Waals surface area contributed by atoms with Gasteiger partial charge in [-0.3, -0.25) is 14.4 Å². The number of primary amides is 1. The first-order chi connectivity index (χ1) is 27.7. The van der Waals surface area contributed by atoms with Crippen LogP contribution in [0.4, 0.5) is 4.79 Å². The summed E-state index contributed by atoms with van der Waals surface area (Å²) >= 11 is 0. The quantitative estimate of drug-likeness (QED) is 0.118. The molecule has 3 fully saturated rings. The van der Waals surface area contributed by atoms with Gasteiger partial charge in [-0.05, 0) is 72.8 Å². The minimum absolute atomic E-state index is 0.00847. The zero-order valence-corrected chi connectivity index (χ0v) is 32.0. The molecule has 3 aromatic carbocycles. The van der Waals surface area contributed by atoms with E-state index in [4.69, 9.17) is 20.4 Å². The molecule has 2 aliphatic heterocycles. The molecule has 1 aliphatic carbocycles. The van der Waals surface area contributed by atoms with Gasteiger partial charge in [-0.25, -0.2) is 14.8 Å². The number of nitrogens with two attached hydrogens (primary N) is 1. The van der Waals surface area contributed by atoms with E-state index in [9.17, 15) is 19.2 Å². The molecule has 5 atom stereocenters. The number of hydrogen-bond acceptors (Lipinski definition) is 7. The topological polar surface area (TPSA) is 179 Å². The SMILES string of the molecule is CC(=O)NC(C(=O)N1CCCC1c1ncc(-c2ccc(-c3ccc(-c4cnc(C5CCCN5C(=O)[C@H]5CCCC[C@H]5OC(N)=O)[nH]4)cc3)cc2)[nH]1)c1ccccc1. The lowest BCUT2D eigenvalue weighted by atomic mass is 9.85. The number of imidazole rings is 2. The Morgan fingerprint density at radius 1 is 0.702 bits per heavy atom. The van der Waals surface area contributed by atoms with Crippen LogP contribution in [0.2, 0.25) is 0 Å². The molecule has 3 unspecified atom stereocenters. The van der Waals surface area contributed by atoms with Crippen molar-refractivity contribution in [3.63, 3.8) is 0 Å². The fraction of sp³-hybridized carbons (Fsp3) is 0.364. The molecule has 3 aliphatic rings. The smallest absolute Gasteiger partial charge is 0.404 e. The van der Waals surface area contributed by atoms with Crippen LogP contribution >= 0.6 is 0 Å². The number of likely N-dealkylation sites (tertiary alicyclic amines) is 2. The molecule has 13 nitrogen and oxygen atoms in total. The van der Waals surface area contributed by atoms with Gasteiger partial charge in [0.25, 0.3) is 0 Å². The molecular weight excluding hydrogens is 721 g/mol. The molecule has 2 aromatic heterocycles. The number of aromatic amines is 2. The van der Waals surface area contributed by atoms with Crippen LogP contribution in [0, 0.1) is 5.92 Å². The number of nitrogens with zero attached hydrogens (tertiary/aromatic N) is 4. The second-order valence-electron chi connectivity index (χ2n) is 15.3. The molecule has 0 spiro atoms.